The lowest BCUT2D eigenvalue weighted by Crippen LogP contribution is -2.33. The number of rotatable bonds is 5. The maximum absolute atomic E-state index is 13.1. The van der Waals surface area contributed by atoms with Gasteiger partial charge in [0.2, 0.25) is 0 Å². The first-order chi connectivity index (χ1) is 17.4. The number of aryl methyl sites for hydroxylation is 1. The van der Waals surface area contributed by atoms with E-state index in [-0.39, 0.29) is 0 Å². The number of halogens is 2. The van der Waals surface area contributed by atoms with Gasteiger partial charge >= 0.3 is 6.55 Å². The Morgan fingerprint density at radius 1 is 1.08 bits per heavy atom. The van der Waals surface area contributed by atoms with E-state index in [1.807, 2.05) is 6.21 Å². The minimum absolute atomic E-state index is 0.582. The Morgan fingerprint density at radius 2 is 1.86 bits per heavy atom. The van der Waals surface area contributed by atoms with Gasteiger partial charge in [0.05, 0.1) is 6.20 Å². The predicted octanol–water partition coefficient (Wildman–Crippen LogP) is 7.44. The molecule has 1 fully saturated rings. The summed E-state index contributed by atoms with van der Waals surface area (Å²) in [5, 5.41) is 3.84. The smallest absolute Gasteiger partial charge is 0.333 e. The standard InChI is InChI=1S/C30H36F2N4/c1-5-25-19(2)15-26(21(4)20(25)3)22-10-13-35(14-11-22)29-7-6-12-33-28-9-8-23(16-27(28)29)24-17-34-36(18-24)30(31)32/h7,12,15-18,22,30H,5-6,8-11,13-14H2,1-4H3. The Labute approximate surface area is 213 Å². The van der Waals surface area contributed by atoms with Crippen molar-refractivity contribution < 1.29 is 8.78 Å². The van der Waals surface area contributed by atoms with Crippen LogP contribution in [0.2, 0.25) is 0 Å². The summed E-state index contributed by atoms with van der Waals surface area (Å²) in [6.45, 7) is 8.47. The second-order valence-corrected chi connectivity index (χ2v) is 10.3. The van der Waals surface area contributed by atoms with Gasteiger partial charge in [0.1, 0.15) is 0 Å². The summed E-state index contributed by atoms with van der Waals surface area (Å²) in [6.07, 6.45) is 15.2. The summed E-state index contributed by atoms with van der Waals surface area (Å²) >= 11 is 0. The molecule has 3 heterocycles. The van der Waals surface area contributed by atoms with Gasteiger partial charge in [-0.3, -0.25) is 4.99 Å². The van der Waals surface area contributed by atoms with Crippen molar-refractivity contribution in [2.45, 2.75) is 78.7 Å². The molecule has 5 rings (SSSR count). The largest absolute Gasteiger partial charge is 0.371 e. The lowest BCUT2D eigenvalue weighted by molar-refractivity contribution is 0.0566. The molecular formula is C30H36F2N4. The Hall–Kier alpha value is -3.02. The molecule has 36 heavy (non-hydrogen) atoms. The Kier molecular flexibility index (Phi) is 6.96. The van der Waals surface area contributed by atoms with Crippen LogP contribution in [0.15, 0.2) is 52.6 Å². The fourth-order valence-corrected chi connectivity index (χ4v) is 6.21. The highest BCUT2D eigenvalue weighted by Crippen LogP contribution is 2.40. The van der Waals surface area contributed by atoms with Gasteiger partial charge in [-0.05, 0) is 98.3 Å². The monoisotopic (exact) mass is 490 g/mol. The minimum Gasteiger partial charge on any atom is -0.371 e. The van der Waals surface area contributed by atoms with Gasteiger partial charge < -0.3 is 4.90 Å². The molecule has 0 saturated carbocycles. The summed E-state index contributed by atoms with van der Waals surface area (Å²) in [5.74, 6) is 0.582. The average Bonchev–Trinajstić information content (AvgIpc) is 3.29. The molecule has 1 saturated heterocycles. The number of benzene rings is 1. The molecule has 6 heteroatoms. The van der Waals surface area contributed by atoms with E-state index in [9.17, 15) is 8.78 Å². The number of aliphatic imine (C=N–C) groups is 1. The number of nitrogens with zero attached hydrogens (tertiary/aromatic N) is 4. The molecule has 2 aromatic rings. The highest BCUT2D eigenvalue weighted by molar-refractivity contribution is 5.74. The summed E-state index contributed by atoms with van der Waals surface area (Å²) in [7, 11) is 0. The van der Waals surface area contributed by atoms with Crippen LogP contribution in [0, 0.1) is 20.8 Å². The van der Waals surface area contributed by atoms with Crippen molar-refractivity contribution in [3.05, 3.63) is 81.0 Å². The fourth-order valence-electron chi connectivity index (χ4n) is 6.21. The van der Waals surface area contributed by atoms with E-state index in [0.29, 0.717) is 5.92 Å². The molecule has 0 unspecified atom stereocenters. The minimum atomic E-state index is -2.62. The van der Waals surface area contributed by atoms with Gasteiger partial charge in [-0.15, -0.1) is 0 Å². The van der Waals surface area contributed by atoms with E-state index in [4.69, 9.17) is 4.99 Å². The van der Waals surface area contributed by atoms with Crippen LogP contribution in [0.4, 0.5) is 8.78 Å². The van der Waals surface area contributed by atoms with Crippen molar-refractivity contribution in [3.8, 4) is 0 Å². The molecule has 0 N–H and O–H groups in total. The SMILES string of the molecule is CCc1c(C)cc(C2CCN(C3=CCC=NC4=C3C=C(c3cnn(C(F)F)c3)CC4)CC2)c(C)c1C. The van der Waals surface area contributed by atoms with Crippen LogP contribution in [0.1, 0.15) is 84.9 Å². The first kappa shape index (κ1) is 24.7. The number of piperidine rings is 1. The van der Waals surface area contributed by atoms with Gasteiger partial charge in [0.25, 0.3) is 0 Å². The Balaban J connectivity index is 1.37. The maximum atomic E-state index is 13.1. The molecule has 0 atom stereocenters. The normalized spacial score (nSPS) is 18.9. The number of hydrogen-bond donors (Lipinski definition) is 0. The summed E-state index contributed by atoms with van der Waals surface area (Å²) in [6, 6.07) is 2.44. The predicted molar refractivity (Wildman–Crippen MR) is 142 cm³/mol. The zero-order valence-corrected chi connectivity index (χ0v) is 21.8. The molecule has 0 bridgehead atoms. The third-order valence-corrected chi connectivity index (χ3v) is 8.30. The maximum Gasteiger partial charge on any atom is 0.333 e. The summed E-state index contributed by atoms with van der Waals surface area (Å²) in [4.78, 5) is 7.26. The molecule has 3 aliphatic rings. The van der Waals surface area contributed by atoms with Crippen LogP contribution in [0.5, 0.6) is 0 Å². The first-order valence-electron chi connectivity index (χ1n) is 13.2. The van der Waals surface area contributed by atoms with Crippen LogP contribution in [-0.4, -0.2) is 34.0 Å². The summed E-state index contributed by atoms with van der Waals surface area (Å²) in [5.41, 5.74) is 12.7. The van der Waals surface area contributed by atoms with Crippen molar-refractivity contribution in [3.63, 3.8) is 0 Å². The van der Waals surface area contributed by atoms with E-state index in [1.165, 1.54) is 39.7 Å². The van der Waals surface area contributed by atoms with Gasteiger partial charge in [-0.25, -0.2) is 4.68 Å². The average molecular weight is 491 g/mol. The van der Waals surface area contributed by atoms with Gasteiger partial charge in [-0.1, -0.05) is 19.1 Å². The van der Waals surface area contributed by atoms with Crippen molar-refractivity contribution in [1.29, 1.82) is 0 Å². The second kappa shape index (κ2) is 10.2. The molecule has 0 radical (unpaired) electrons. The molecule has 1 aromatic carbocycles. The Bertz CT molecular complexity index is 1270. The first-order valence-corrected chi connectivity index (χ1v) is 13.2. The lowest BCUT2D eigenvalue weighted by Gasteiger charge is -2.37. The van der Waals surface area contributed by atoms with Gasteiger partial charge in [-0.2, -0.15) is 13.9 Å². The van der Waals surface area contributed by atoms with Crippen LogP contribution >= 0.6 is 0 Å². The lowest BCUT2D eigenvalue weighted by atomic mass is 9.82. The van der Waals surface area contributed by atoms with Crippen LogP contribution in [0.3, 0.4) is 0 Å². The van der Waals surface area contributed by atoms with Gasteiger partial charge in [0.15, 0.2) is 0 Å². The topological polar surface area (TPSA) is 33.4 Å². The molecule has 4 nitrogen and oxygen atoms in total. The Morgan fingerprint density at radius 3 is 2.56 bits per heavy atom. The van der Waals surface area contributed by atoms with Crippen molar-refractivity contribution in [1.82, 2.24) is 14.7 Å². The molecule has 0 amide bonds. The number of hydrogen-bond acceptors (Lipinski definition) is 3. The number of allylic oxidation sites excluding steroid dienone is 4. The highest BCUT2D eigenvalue weighted by atomic mass is 19.3. The van der Waals surface area contributed by atoms with E-state index in [2.05, 4.69) is 55.9 Å². The third-order valence-electron chi connectivity index (χ3n) is 8.30. The molecule has 1 aliphatic carbocycles. The van der Waals surface area contributed by atoms with Crippen LogP contribution in [-0.2, 0) is 6.42 Å². The van der Waals surface area contributed by atoms with Crippen molar-refractivity contribution in [2.24, 2.45) is 4.99 Å². The van der Waals surface area contributed by atoms with E-state index in [1.54, 1.807) is 6.20 Å². The summed E-state index contributed by atoms with van der Waals surface area (Å²) < 4.78 is 26.9. The second-order valence-electron chi connectivity index (χ2n) is 10.3. The number of aromatic nitrogens is 2. The number of likely N-dealkylation sites (tertiary alicyclic amines) is 1. The fraction of sp³-hybridized carbons (Fsp3) is 0.467. The highest BCUT2D eigenvalue weighted by Gasteiger charge is 2.28. The van der Waals surface area contributed by atoms with E-state index >= 15 is 0 Å². The van der Waals surface area contributed by atoms with Crippen molar-refractivity contribution >= 4 is 11.8 Å². The van der Waals surface area contributed by atoms with Gasteiger partial charge in [0, 0.05) is 54.5 Å². The van der Waals surface area contributed by atoms with Crippen molar-refractivity contribution in [2.75, 3.05) is 13.1 Å². The zero-order valence-electron chi connectivity index (χ0n) is 21.8. The molecular weight excluding hydrogens is 454 g/mol. The molecule has 2 aliphatic heterocycles. The quantitative estimate of drug-likeness (QED) is 0.436. The third kappa shape index (κ3) is 4.58. The van der Waals surface area contributed by atoms with Crippen LogP contribution in [0.25, 0.3) is 5.57 Å². The zero-order chi connectivity index (χ0) is 25.4. The molecule has 190 valence electrons. The van der Waals surface area contributed by atoms with E-state index in [0.717, 1.165) is 78.7 Å². The molecule has 1 aromatic heterocycles. The van der Waals surface area contributed by atoms with Crippen LogP contribution < -0.4 is 0 Å². The van der Waals surface area contributed by atoms with E-state index < -0.39 is 6.55 Å². The number of alkyl halides is 2. The molecule has 0 spiro atoms.